The highest BCUT2D eigenvalue weighted by Crippen LogP contribution is 2.49. The number of nitrogens with zero attached hydrogens (tertiary/aromatic N) is 2. The third-order valence-corrected chi connectivity index (χ3v) is 6.53. The van der Waals surface area contributed by atoms with Gasteiger partial charge in [-0.1, -0.05) is 24.3 Å². The van der Waals surface area contributed by atoms with Crippen LogP contribution in [0, 0.1) is 5.82 Å². The second-order valence-corrected chi connectivity index (χ2v) is 8.97. The number of anilines is 1. The van der Waals surface area contributed by atoms with E-state index in [1.165, 1.54) is 26.4 Å². The van der Waals surface area contributed by atoms with Crippen molar-refractivity contribution in [3.63, 3.8) is 0 Å². The predicted octanol–water partition coefficient (Wildman–Crippen LogP) is 4.86. The number of benzene rings is 2. The highest BCUT2D eigenvalue weighted by atomic mass is 31.2. The van der Waals surface area contributed by atoms with Gasteiger partial charge in [-0.3, -0.25) is 14.0 Å². The zero-order chi connectivity index (χ0) is 22.4. The van der Waals surface area contributed by atoms with Gasteiger partial charge in [-0.25, -0.2) is 4.39 Å². The number of rotatable bonds is 8. The smallest absolute Gasteiger partial charge is 0.323 e. The molecule has 1 aromatic heterocycles. The number of carbonyl (C=O) groups excluding carboxylic acids is 1. The molecule has 0 aliphatic carbocycles. The maximum atomic E-state index is 14.2. The van der Waals surface area contributed by atoms with Gasteiger partial charge in [0.25, 0.3) is 0 Å². The van der Waals surface area contributed by atoms with Gasteiger partial charge < -0.3 is 14.4 Å². The molecular weight excluding hydrogens is 420 g/mol. The summed E-state index contributed by atoms with van der Waals surface area (Å²) in [6.45, 7) is 0. The summed E-state index contributed by atoms with van der Waals surface area (Å²) < 4.78 is 37.8. The lowest BCUT2D eigenvalue weighted by molar-refractivity contribution is -0.111. The zero-order valence-corrected chi connectivity index (χ0v) is 18.3. The molecule has 0 saturated carbocycles. The number of amides is 1. The quantitative estimate of drug-likeness (QED) is 0.397. The van der Waals surface area contributed by atoms with Crippen molar-refractivity contribution in [1.82, 2.24) is 9.78 Å². The van der Waals surface area contributed by atoms with E-state index < -0.39 is 7.60 Å². The molecule has 3 rings (SSSR count). The molecule has 31 heavy (non-hydrogen) atoms. The Labute approximate surface area is 180 Å². The van der Waals surface area contributed by atoms with Gasteiger partial charge in [-0.05, 0) is 35.9 Å². The normalized spacial score (nSPS) is 11.7. The minimum Gasteiger partial charge on any atom is -0.323 e. The molecule has 1 heterocycles. The molecule has 0 aliphatic rings. The maximum absolute atomic E-state index is 14.2. The molecule has 0 unspecified atom stereocenters. The molecule has 0 radical (unpaired) electrons. The fourth-order valence-corrected chi connectivity index (χ4v) is 4.09. The summed E-state index contributed by atoms with van der Waals surface area (Å²) in [5.41, 5.74) is 2.93. The molecule has 0 spiro atoms. The van der Waals surface area contributed by atoms with Crippen molar-refractivity contribution in [2.75, 3.05) is 19.5 Å². The number of aryl methyl sites for hydroxylation is 1. The first kappa shape index (κ1) is 22.6. The van der Waals surface area contributed by atoms with Crippen LogP contribution in [0.25, 0.3) is 17.3 Å². The van der Waals surface area contributed by atoms with Gasteiger partial charge in [0.1, 0.15) is 5.82 Å². The Morgan fingerprint density at radius 2 is 1.84 bits per heavy atom. The molecular formula is C22H23FN3O4P. The lowest BCUT2D eigenvalue weighted by Gasteiger charge is -2.13. The lowest BCUT2D eigenvalue weighted by Crippen LogP contribution is -2.07. The number of nitrogens with one attached hydrogen (secondary N) is 1. The van der Waals surface area contributed by atoms with Gasteiger partial charge in [0, 0.05) is 44.2 Å². The third kappa shape index (κ3) is 5.55. The summed E-state index contributed by atoms with van der Waals surface area (Å²) in [7, 11) is 1.24. The number of hydrogen-bond donors (Lipinski definition) is 1. The Balaban J connectivity index is 1.70. The summed E-state index contributed by atoms with van der Waals surface area (Å²) in [6, 6.07) is 13.3. The van der Waals surface area contributed by atoms with E-state index in [0.29, 0.717) is 22.5 Å². The molecule has 1 N–H and O–H groups in total. The SMILES string of the molecule is COP(=O)(Cc1ccc(NC(=O)/C=C/c2cnn(C)c2-c2ccccc2F)cc1)OC. The number of hydrogen-bond acceptors (Lipinski definition) is 5. The van der Waals surface area contributed by atoms with Crippen LogP contribution in [-0.2, 0) is 31.6 Å². The fourth-order valence-electron chi connectivity index (χ4n) is 3.03. The molecule has 0 bridgehead atoms. The standard InChI is InChI=1S/C22H23FN3O4P/c1-26-22(19-6-4-5-7-20(19)23)17(14-24-26)10-13-21(27)25-18-11-8-16(9-12-18)15-31(28,29-2)30-3/h4-14H,15H2,1-3H3,(H,25,27)/b13-10+. The predicted molar refractivity (Wildman–Crippen MR) is 118 cm³/mol. The third-order valence-electron chi connectivity index (χ3n) is 4.66. The van der Waals surface area contributed by atoms with Crippen LogP contribution in [0.2, 0.25) is 0 Å². The Morgan fingerprint density at radius 1 is 1.16 bits per heavy atom. The topological polar surface area (TPSA) is 82.5 Å². The van der Waals surface area contributed by atoms with Crippen molar-refractivity contribution in [3.05, 3.63) is 77.7 Å². The van der Waals surface area contributed by atoms with Crippen LogP contribution < -0.4 is 5.32 Å². The molecule has 2 aromatic carbocycles. The van der Waals surface area contributed by atoms with Crippen LogP contribution in [0.3, 0.4) is 0 Å². The van der Waals surface area contributed by atoms with Crippen molar-refractivity contribution < 1.29 is 22.8 Å². The van der Waals surface area contributed by atoms with Gasteiger partial charge in [0.15, 0.2) is 0 Å². The average molecular weight is 443 g/mol. The first-order valence-electron chi connectivity index (χ1n) is 9.40. The van der Waals surface area contributed by atoms with Crippen molar-refractivity contribution in [1.29, 1.82) is 0 Å². The molecule has 3 aromatic rings. The van der Waals surface area contributed by atoms with E-state index in [-0.39, 0.29) is 17.9 Å². The van der Waals surface area contributed by atoms with E-state index in [1.54, 1.807) is 66.5 Å². The van der Waals surface area contributed by atoms with Gasteiger partial charge in [0.2, 0.25) is 5.91 Å². The minimum absolute atomic E-state index is 0.133. The minimum atomic E-state index is -3.16. The highest BCUT2D eigenvalue weighted by Gasteiger charge is 2.21. The molecule has 0 saturated heterocycles. The zero-order valence-electron chi connectivity index (χ0n) is 17.4. The summed E-state index contributed by atoms with van der Waals surface area (Å²) in [5.74, 6) is -0.715. The monoisotopic (exact) mass is 443 g/mol. The fraction of sp³-hybridized carbons (Fsp3) is 0.182. The number of carbonyl (C=O) groups is 1. The van der Waals surface area contributed by atoms with Crippen LogP contribution in [-0.4, -0.2) is 29.9 Å². The molecule has 0 atom stereocenters. The Hall–Kier alpha value is -3.06. The van der Waals surface area contributed by atoms with E-state index in [4.69, 9.17) is 9.05 Å². The molecule has 1 amide bonds. The summed E-state index contributed by atoms with van der Waals surface area (Å²) in [6.07, 6.45) is 4.66. The van der Waals surface area contributed by atoms with Crippen LogP contribution in [0.4, 0.5) is 10.1 Å². The van der Waals surface area contributed by atoms with Crippen molar-refractivity contribution in [2.24, 2.45) is 7.05 Å². The molecule has 162 valence electrons. The first-order valence-corrected chi connectivity index (χ1v) is 11.1. The van der Waals surface area contributed by atoms with E-state index in [9.17, 15) is 13.8 Å². The van der Waals surface area contributed by atoms with Gasteiger partial charge in [-0.2, -0.15) is 5.10 Å². The van der Waals surface area contributed by atoms with Crippen molar-refractivity contribution >= 4 is 25.3 Å². The highest BCUT2D eigenvalue weighted by molar-refractivity contribution is 7.52. The van der Waals surface area contributed by atoms with Gasteiger partial charge in [0.05, 0.1) is 18.1 Å². The lowest BCUT2D eigenvalue weighted by atomic mass is 10.1. The second-order valence-electron chi connectivity index (χ2n) is 6.71. The van der Waals surface area contributed by atoms with Crippen LogP contribution in [0.5, 0.6) is 0 Å². The van der Waals surface area contributed by atoms with Crippen LogP contribution in [0.15, 0.2) is 60.8 Å². The van der Waals surface area contributed by atoms with Crippen LogP contribution >= 0.6 is 7.60 Å². The second kappa shape index (κ2) is 9.83. The molecule has 7 nitrogen and oxygen atoms in total. The maximum Gasteiger partial charge on any atom is 0.334 e. The summed E-state index contributed by atoms with van der Waals surface area (Å²) in [5, 5.41) is 6.92. The Morgan fingerprint density at radius 3 is 2.48 bits per heavy atom. The van der Waals surface area contributed by atoms with Gasteiger partial charge in [-0.15, -0.1) is 0 Å². The first-order chi connectivity index (χ1) is 14.8. The largest absolute Gasteiger partial charge is 0.334 e. The van der Waals surface area contributed by atoms with E-state index >= 15 is 0 Å². The average Bonchev–Trinajstić information content (AvgIpc) is 3.14. The van der Waals surface area contributed by atoms with Crippen molar-refractivity contribution in [3.8, 4) is 11.3 Å². The van der Waals surface area contributed by atoms with Gasteiger partial charge >= 0.3 is 7.60 Å². The molecule has 0 fully saturated rings. The number of aromatic nitrogens is 2. The Bertz CT molecular complexity index is 1130. The molecule has 0 aliphatic heterocycles. The van der Waals surface area contributed by atoms with E-state index in [2.05, 4.69) is 10.4 Å². The Kier molecular flexibility index (Phi) is 7.17. The summed E-state index contributed by atoms with van der Waals surface area (Å²) >= 11 is 0. The number of halogens is 1. The van der Waals surface area contributed by atoms with Crippen LogP contribution in [0.1, 0.15) is 11.1 Å². The van der Waals surface area contributed by atoms with Crippen molar-refractivity contribution in [2.45, 2.75) is 6.16 Å². The molecule has 9 heteroatoms. The van der Waals surface area contributed by atoms with E-state index in [0.717, 1.165) is 5.56 Å². The van der Waals surface area contributed by atoms with E-state index in [1.807, 2.05) is 0 Å². The summed E-state index contributed by atoms with van der Waals surface area (Å²) in [4.78, 5) is 12.3.